The van der Waals surface area contributed by atoms with Gasteiger partial charge in [0, 0.05) is 11.9 Å². The topological polar surface area (TPSA) is 159 Å². The standard InChI is InChI=1S/C27H43N5O7S2/c1-14(2)19(23-29-17(13-41-23)25(36)38-8)30-21(34)16(12-33)28-22(40)18-10-9-11-32(18)24(35)20(15(3)4)31-26(37)39-27(5,6)7/h13-16,18-20,33H,9-12H2,1-8H3,(H,28,40)(H,30,34)(H,31,37)/t16-,18-,19+,20-/m0/s1. The van der Waals surface area contributed by atoms with E-state index in [9.17, 15) is 24.3 Å². The number of aliphatic hydroxyl groups excluding tert-OH is 1. The van der Waals surface area contributed by atoms with Crippen LogP contribution in [-0.4, -0.2) is 87.8 Å². The van der Waals surface area contributed by atoms with Crippen LogP contribution in [0, 0.1) is 11.8 Å². The highest BCUT2D eigenvalue weighted by Gasteiger charge is 2.39. The fraction of sp³-hybridized carbons (Fsp3) is 0.704. The summed E-state index contributed by atoms with van der Waals surface area (Å²) in [5.41, 5.74) is -0.564. The van der Waals surface area contributed by atoms with Gasteiger partial charge in [-0.3, -0.25) is 9.59 Å². The molecule has 2 rings (SSSR count). The number of rotatable bonds is 11. The number of likely N-dealkylation sites (tertiary alicyclic amines) is 1. The summed E-state index contributed by atoms with van der Waals surface area (Å²) in [7, 11) is 1.27. The Morgan fingerprint density at radius 2 is 1.80 bits per heavy atom. The number of hydrogen-bond donors (Lipinski definition) is 4. The first-order valence-corrected chi connectivity index (χ1v) is 14.9. The molecule has 1 aromatic heterocycles. The third-order valence-corrected chi connectivity index (χ3v) is 7.72. The van der Waals surface area contributed by atoms with Gasteiger partial charge in [-0.05, 0) is 45.4 Å². The van der Waals surface area contributed by atoms with Crippen molar-refractivity contribution in [2.24, 2.45) is 11.8 Å². The lowest BCUT2D eigenvalue weighted by Gasteiger charge is -2.33. The Labute approximate surface area is 250 Å². The van der Waals surface area contributed by atoms with E-state index in [4.69, 9.17) is 21.7 Å². The van der Waals surface area contributed by atoms with Gasteiger partial charge in [-0.25, -0.2) is 14.6 Å². The summed E-state index contributed by atoms with van der Waals surface area (Å²) in [5.74, 6) is -1.67. The summed E-state index contributed by atoms with van der Waals surface area (Å²) >= 11 is 6.84. The zero-order chi connectivity index (χ0) is 31.1. The number of aromatic nitrogens is 1. The molecule has 0 aromatic carbocycles. The molecule has 4 N–H and O–H groups in total. The molecule has 0 saturated carbocycles. The van der Waals surface area contributed by atoms with Crippen molar-refractivity contribution < 1.29 is 33.8 Å². The number of amides is 3. The molecule has 1 fully saturated rings. The van der Waals surface area contributed by atoms with E-state index >= 15 is 0 Å². The smallest absolute Gasteiger partial charge is 0.408 e. The zero-order valence-electron chi connectivity index (χ0n) is 25.0. The van der Waals surface area contributed by atoms with E-state index in [0.29, 0.717) is 24.4 Å². The molecule has 1 aliphatic rings. The lowest BCUT2D eigenvalue weighted by Crippen LogP contribution is -2.57. The molecule has 0 aliphatic carbocycles. The molecule has 14 heteroatoms. The van der Waals surface area contributed by atoms with Crippen LogP contribution < -0.4 is 16.0 Å². The Hall–Kier alpha value is -2.84. The van der Waals surface area contributed by atoms with Gasteiger partial charge in [-0.15, -0.1) is 11.3 Å². The Balaban J connectivity index is 2.12. The minimum atomic E-state index is -1.08. The second-order valence-electron chi connectivity index (χ2n) is 11.6. The van der Waals surface area contributed by atoms with Gasteiger partial charge in [0.2, 0.25) is 11.8 Å². The normalized spacial score (nSPS) is 17.5. The number of carbonyl (C=O) groups is 4. The number of carbonyl (C=O) groups excluding carboxylic acids is 4. The van der Waals surface area contributed by atoms with E-state index in [-0.39, 0.29) is 28.4 Å². The highest BCUT2D eigenvalue weighted by atomic mass is 32.1. The zero-order valence-corrected chi connectivity index (χ0v) is 26.6. The lowest BCUT2D eigenvalue weighted by molar-refractivity contribution is -0.134. The number of esters is 1. The molecule has 3 amide bonds. The van der Waals surface area contributed by atoms with Crippen LogP contribution >= 0.6 is 23.6 Å². The first kappa shape index (κ1) is 34.4. The molecule has 1 aliphatic heterocycles. The third-order valence-electron chi connectivity index (χ3n) is 6.41. The molecule has 0 spiro atoms. The number of aliphatic hydroxyl groups is 1. The molecular weight excluding hydrogens is 570 g/mol. The van der Waals surface area contributed by atoms with Gasteiger partial charge >= 0.3 is 12.1 Å². The van der Waals surface area contributed by atoms with Crippen molar-refractivity contribution in [3.05, 3.63) is 16.1 Å². The summed E-state index contributed by atoms with van der Waals surface area (Å²) in [5, 5.41) is 20.6. The summed E-state index contributed by atoms with van der Waals surface area (Å²) in [6.45, 7) is 12.6. The molecule has 1 saturated heterocycles. The molecule has 0 unspecified atom stereocenters. The van der Waals surface area contributed by atoms with Gasteiger partial charge in [0.15, 0.2) is 5.69 Å². The van der Waals surface area contributed by atoms with Crippen molar-refractivity contribution in [2.45, 2.75) is 91.1 Å². The van der Waals surface area contributed by atoms with E-state index in [2.05, 4.69) is 20.9 Å². The summed E-state index contributed by atoms with van der Waals surface area (Å²) in [6, 6.07) is -2.94. The predicted molar refractivity (Wildman–Crippen MR) is 159 cm³/mol. The molecule has 0 bridgehead atoms. The van der Waals surface area contributed by atoms with E-state index in [0.717, 1.165) is 0 Å². The Morgan fingerprint density at radius 3 is 2.34 bits per heavy atom. The van der Waals surface area contributed by atoms with Gasteiger partial charge < -0.3 is 35.4 Å². The fourth-order valence-electron chi connectivity index (χ4n) is 4.29. The third kappa shape index (κ3) is 9.60. The number of thiocarbonyl (C=S) groups is 1. The number of hydrogen-bond acceptors (Lipinski definition) is 10. The van der Waals surface area contributed by atoms with Crippen LogP contribution in [-0.2, 0) is 19.1 Å². The molecular formula is C27H43N5O7S2. The van der Waals surface area contributed by atoms with Crippen molar-refractivity contribution in [3.8, 4) is 0 Å². The number of ether oxygens (including phenoxy) is 2. The molecule has 1 aromatic rings. The number of thiazole rings is 1. The molecule has 4 atom stereocenters. The second kappa shape index (κ2) is 14.9. The van der Waals surface area contributed by atoms with E-state index < -0.39 is 54.3 Å². The lowest BCUT2D eigenvalue weighted by atomic mass is 10.0. The van der Waals surface area contributed by atoms with Crippen LogP contribution in [0.1, 0.15) is 82.8 Å². The summed E-state index contributed by atoms with van der Waals surface area (Å²) in [4.78, 5) is 57.1. The van der Waals surface area contributed by atoms with Crippen LogP contribution in [0.2, 0.25) is 0 Å². The number of nitrogens with zero attached hydrogens (tertiary/aromatic N) is 2. The maximum absolute atomic E-state index is 13.5. The van der Waals surface area contributed by atoms with Gasteiger partial charge in [-0.1, -0.05) is 39.9 Å². The fourth-order valence-corrected chi connectivity index (χ4v) is 5.69. The second-order valence-corrected chi connectivity index (χ2v) is 12.9. The minimum Gasteiger partial charge on any atom is -0.464 e. The molecule has 0 radical (unpaired) electrons. The summed E-state index contributed by atoms with van der Waals surface area (Å²) < 4.78 is 10.1. The quantitative estimate of drug-likeness (QED) is 0.216. The Bertz CT molecular complexity index is 1100. The average Bonchev–Trinajstić information content (AvgIpc) is 3.57. The highest BCUT2D eigenvalue weighted by molar-refractivity contribution is 7.80. The van der Waals surface area contributed by atoms with Crippen LogP contribution in [0.25, 0.3) is 0 Å². The highest BCUT2D eigenvalue weighted by Crippen LogP contribution is 2.26. The van der Waals surface area contributed by atoms with E-state index in [1.165, 1.54) is 18.4 Å². The van der Waals surface area contributed by atoms with Crippen LogP contribution in [0.3, 0.4) is 0 Å². The summed E-state index contributed by atoms with van der Waals surface area (Å²) in [6.07, 6.45) is 0.572. The van der Waals surface area contributed by atoms with E-state index in [1.807, 2.05) is 27.7 Å². The number of methoxy groups -OCH3 is 1. The maximum atomic E-state index is 13.5. The van der Waals surface area contributed by atoms with Gasteiger partial charge in [0.1, 0.15) is 22.7 Å². The molecule has 2 heterocycles. The van der Waals surface area contributed by atoms with Gasteiger partial charge in [-0.2, -0.15) is 0 Å². The van der Waals surface area contributed by atoms with E-state index in [1.54, 1.807) is 31.1 Å². The van der Waals surface area contributed by atoms with Crippen LogP contribution in [0.5, 0.6) is 0 Å². The predicted octanol–water partition coefficient (Wildman–Crippen LogP) is 2.56. The van der Waals surface area contributed by atoms with Crippen molar-refractivity contribution in [2.75, 3.05) is 20.3 Å². The van der Waals surface area contributed by atoms with Gasteiger partial charge in [0.25, 0.3) is 0 Å². The molecule has 230 valence electrons. The monoisotopic (exact) mass is 613 g/mol. The average molecular weight is 614 g/mol. The Morgan fingerprint density at radius 1 is 1.15 bits per heavy atom. The van der Waals surface area contributed by atoms with Crippen molar-refractivity contribution in [1.82, 2.24) is 25.8 Å². The molecule has 12 nitrogen and oxygen atoms in total. The van der Waals surface area contributed by atoms with Crippen LogP contribution in [0.4, 0.5) is 4.79 Å². The largest absolute Gasteiger partial charge is 0.464 e. The van der Waals surface area contributed by atoms with Crippen molar-refractivity contribution >= 4 is 52.4 Å². The van der Waals surface area contributed by atoms with Gasteiger partial charge in [0.05, 0.1) is 30.8 Å². The first-order chi connectivity index (χ1) is 19.1. The van der Waals surface area contributed by atoms with Crippen LogP contribution in [0.15, 0.2) is 5.38 Å². The van der Waals surface area contributed by atoms with Crippen molar-refractivity contribution in [3.63, 3.8) is 0 Å². The van der Waals surface area contributed by atoms with Crippen molar-refractivity contribution in [1.29, 1.82) is 0 Å². The number of alkyl carbamates (subject to hydrolysis) is 1. The SMILES string of the molecule is COC(=O)c1csc([C@H](NC(=O)[C@H](CO)NC(=S)[C@@H]2CCCN2C(=O)[C@@H](NC(=O)OC(C)(C)C)C(C)C)C(C)C)n1. The Kier molecular flexibility index (Phi) is 12.5. The maximum Gasteiger partial charge on any atom is 0.408 e. The first-order valence-electron chi connectivity index (χ1n) is 13.6. The number of nitrogens with one attached hydrogen (secondary N) is 3. The minimum absolute atomic E-state index is 0.0738. The molecule has 41 heavy (non-hydrogen) atoms.